The van der Waals surface area contributed by atoms with Gasteiger partial charge < -0.3 is 4.42 Å². The van der Waals surface area contributed by atoms with Gasteiger partial charge in [-0.2, -0.15) is 0 Å². The molecule has 0 aliphatic heterocycles. The number of rotatable bonds is 3. The summed E-state index contributed by atoms with van der Waals surface area (Å²) in [5.41, 5.74) is 4.91. The molecule has 3 nitrogen and oxygen atoms in total. The average molecular weight is 289 g/mol. The third-order valence-electron chi connectivity index (χ3n) is 4.26. The third-order valence-corrected chi connectivity index (χ3v) is 4.26. The Hall–Kier alpha value is -2.68. The maximum atomic E-state index is 12.4. The summed E-state index contributed by atoms with van der Waals surface area (Å²) in [6.07, 6.45) is 4.49. The van der Waals surface area contributed by atoms with Gasteiger partial charge in [-0.1, -0.05) is 48.5 Å². The van der Waals surface area contributed by atoms with Crippen LogP contribution >= 0.6 is 0 Å². The maximum absolute atomic E-state index is 12.4. The lowest BCUT2D eigenvalue weighted by Crippen LogP contribution is -2.15. The molecule has 0 radical (unpaired) electrons. The van der Waals surface area contributed by atoms with E-state index in [-0.39, 0.29) is 17.6 Å². The van der Waals surface area contributed by atoms with Crippen LogP contribution in [-0.2, 0) is 12.8 Å². The van der Waals surface area contributed by atoms with Crippen molar-refractivity contribution >= 4 is 5.78 Å². The molecule has 0 saturated carbocycles. The largest absolute Gasteiger partial charge is 0.442 e. The van der Waals surface area contributed by atoms with Gasteiger partial charge in [0.15, 0.2) is 0 Å². The molecule has 1 aliphatic carbocycles. The van der Waals surface area contributed by atoms with E-state index in [1.165, 1.54) is 34.7 Å². The number of ketones is 1. The SMILES string of the molecule is O=C(c1ncco1)[C@H]1Cc2ccc(-c3ccccc3)cc2C1. The second-order valence-corrected chi connectivity index (χ2v) is 5.66. The molecular formula is C19H15NO2. The number of hydrogen-bond donors (Lipinski definition) is 0. The highest BCUT2D eigenvalue weighted by Gasteiger charge is 2.30. The quantitative estimate of drug-likeness (QED) is 0.686. The molecule has 1 aliphatic rings. The predicted molar refractivity (Wildman–Crippen MR) is 83.6 cm³/mol. The van der Waals surface area contributed by atoms with Crippen LogP contribution in [0.15, 0.2) is 65.4 Å². The number of benzene rings is 2. The molecule has 1 atom stereocenters. The first kappa shape index (κ1) is 13.0. The summed E-state index contributed by atoms with van der Waals surface area (Å²) in [5.74, 6) is 0.170. The summed E-state index contributed by atoms with van der Waals surface area (Å²) in [4.78, 5) is 16.3. The summed E-state index contributed by atoms with van der Waals surface area (Å²) < 4.78 is 5.14. The molecule has 4 rings (SSSR count). The van der Waals surface area contributed by atoms with Gasteiger partial charge in [-0.05, 0) is 35.1 Å². The molecule has 0 spiro atoms. The first-order chi connectivity index (χ1) is 10.8. The van der Waals surface area contributed by atoms with Crippen molar-refractivity contribution in [2.24, 2.45) is 5.92 Å². The molecule has 0 fully saturated rings. The van der Waals surface area contributed by atoms with Gasteiger partial charge in [0.25, 0.3) is 5.89 Å². The van der Waals surface area contributed by atoms with Gasteiger partial charge in [-0.25, -0.2) is 4.98 Å². The molecular weight excluding hydrogens is 274 g/mol. The van der Waals surface area contributed by atoms with E-state index in [1.807, 2.05) is 18.2 Å². The van der Waals surface area contributed by atoms with Gasteiger partial charge >= 0.3 is 0 Å². The van der Waals surface area contributed by atoms with E-state index in [4.69, 9.17) is 4.42 Å². The van der Waals surface area contributed by atoms with Gasteiger partial charge in [0.2, 0.25) is 5.78 Å². The Bertz CT molecular complexity index is 807. The van der Waals surface area contributed by atoms with Crippen molar-refractivity contribution in [2.45, 2.75) is 12.8 Å². The lowest BCUT2D eigenvalue weighted by atomic mass is 10.00. The fraction of sp³-hybridized carbons (Fsp3) is 0.158. The molecule has 0 unspecified atom stereocenters. The van der Waals surface area contributed by atoms with Gasteiger partial charge in [-0.3, -0.25) is 4.79 Å². The summed E-state index contributed by atoms with van der Waals surface area (Å²) in [6, 6.07) is 16.8. The Morgan fingerprint density at radius 1 is 1.00 bits per heavy atom. The second-order valence-electron chi connectivity index (χ2n) is 5.66. The van der Waals surface area contributed by atoms with E-state index in [1.54, 1.807) is 0 Å². The van der Waals surface area contributed by atoms with Gasteiger partial charge in [0.05, 0.1) is 6.20 Å². The van der Waals surface area contributed by atoms with Crippen LogP contribution in [0.1, 0.15) is 21.8 Å². The molecule has 0 saturated heterocycles. The molecule has 3 heteroatoms. The van der Waals surface area contributed by atoms with Crippen molar-refractivity contribution in [3.63, 3.8) is 0 Å². The van der Waals surface area contributed by atoms with Crippen molar-refractivity contribution in [3.8, 4) is 11.1 Å². The van der Waals surface area contributed by atoms with Crippen molar-refractivity contribution in [1.82, 2.24) is 4.98 Å². The van der Waals surface area contributed by atoms with Gasteiger partial charge in [0.1, 0.15) is 6.26 Å². The highest BCUT2D eigenvalue weighted by Crippen LogP contribution is 2.32. The van der Waals surface area contributed by atoms with Crippen LogP contribution in [0, 0.1) is 5.92 Å². The average Bonchev–Trinajstić information content (AvgIpc) is 3.23. The number of carbonyl (C=O) groups excluding carboxylic acids is 1. The number of oxazole rings is 1. The number of nitrogens with zero attached hydrogens (tertiary/aromatic N) is 1. The molecule has 3 aromatic rings. The Labute approximate surface area is 128 Å². The molecule has 22 heavy (non-hydrogen) atoms. The third kappa shape index (κ3) is 2.25. The first-order valence-corrected chi connectivity index (χ1v) is 7.42. The van der Waals surface area contributed by atoms with Crippen LogP contribution in [0.25, 0.3) is 11.1 Å². The lowest BCUT2D eigenvalue weighted by molar-refractivity contribution is 0.0889. The second kappa shape index (κ2) is 5.26. The van der Waals surface area contributed by atoms with E-state index in [2.05, 4.69) is 35.3 Å². The van der Waals surface area contributed by atoms with Crippen LogP contribution in [0.5, 0.6) is 0 Å². The van der Waals surface area contributed by atoms with Gasteiger partial charge in [0, 0.05) is 5.92 Å². The summed E-state index contributed by atoms with van der Waals surface area (Å²) >= 11 is 0. The zero-order valence-electron chi connectivity index (χ0n) is 12.0. The minimum absolute atomic E-state index is 0.00228. The Morgan fingerprint density at radius 3 is 2.59 bits per heavy atom. The smallest absolute Gasteiger partial charge is 0.263 e. The normalized spacial score (nSPS) is 16.5. The van der Waals surface area contributed by atoms with Crippen molar-refractivity contribution < 1.29 is 9.21 Å². The van der Waals surface area contributed by atoms with E-state index < -0.39 is 0 Å². The Morgan fingerprint density at radius 2 is 1.82 bits per heavy atom. The lowest BCUT2D eigenvalue weighted by Gasteiger charge is -2.04. The minimum atomic E-state index is -0.0559. The van der Waals surface area contributed by atoms with Crippen LogP contribution in [0.2, 0.25) is 0 Å². The highest BCUT2D eigenvalue weighted by atomic mass is 16.3. The van der Waals surface area contributed by atoms with Crippen molar-refractivity contribution in [1.29, 1.82) is 0 Å². The number of Topliss-reactive ketones (excluding diaryl/α,β-unsaturated/α-hetero) is 1. The molecule has 1 heterocycles. The van der Waals surface area contributed by atoms with Crippen LogP contribution in [0.4, 0.5) is 0 Å². The zero-order valence-corrected chi connectivity index (χ0v) is 12.0. The van der Waals surface area contributed by atoms with E-state index >= 15 is 0 Å². The first-order valence-electron chi connectivity index (χ1n) is 7.42. The topological polar surface area (TPSA) is 43.1 Å². The summed E-state index contributed by atoms with van der Waals surface area (Å²) in [6.45, 7) is 0. The van der Waals surface area contributed by atoms with Gasteiger partial charge in [-0.15, -0.1) is 0 Å². The molecule has 0 bridgehead atoms. The molecule has 1 aromatic heterocycles. The maximum Gasteiger partial charge on any atom is 0.263 e. The fourth-order valence-electron chi connectivity index (χ4n) is 3.13. The van der Waals surface area contributed by atoms with E-state index in [9.17, 15) is 4.79 Å². The number of fused-ring (bicyclic) bond motifs is 1. The van der Waals surface area contributed by atoms with Crippen molar-refractivity contribution in [3.05, 3.63) is 78.0 Å². The Balaban J connectivity index is 1.61. The standard InChI is InChI=1S/C19H15NO2/c21-18(19-20-8-9-22-19)17-11-15-7-6-14(10-16(15)12-17)13-4-2-1-3-5-13/h1-10,17H,11-12H2/t17-/m0/s1. The number of hydrogen-bond acceptors (Lipinski definition) is 3. The minimum Gasteiger partial charge on any atom is -0.442 e. The summed E-state index contributed by atoms with van der Waals surface area (Å²) in [7, 11) is 0. The van der Waals surface area contributed by atoms with Crippen LogP contribution < -0.4 is 0 Å². The molecule has 0 amide bonds. The molecule has 108 valence electrons. The number of aromatic nitrogens is 1. The van der Waals surface area contributed by atoms with Crippen LogP contribution in [0.3, 0.4) is 0 Å². The molecule has 0 N–H and O–H groups in total. The zero-order chi connectivity index (χ0) is 14.9. The highest BCUT2D eigenvalue weighted by molar-refractivity contribution is 5.94. The van der Waals surface area contributed by atoms with E-state index in [0.717, 1.165) is 12.8 Å². The van der Waals surface area contributed by atoms with Crippen molar-refractivity contribution in [2.75, 3.05) is 0 Å². The molecule has 2 aromatic carbocycles. The number of carbonyl (C=O) groups is 1. The van der Waals surface area contributed by atoms with Crippen LogP contribution in [-0.4, -0.2) is 10.8 Å². The summed E-state index contributed by atoms with van der Waals surface area (Å²) in [5, 5.41) is 0. The Kier molecular flexibility index (Phi) is 3.11. The monoisotopic (exact) mass is 289 g/mol. The van der Waals surface area contributed by atoms with E-state index in [0.29, 0.717) is 0 Å². The predicted octanol–water partition coefficient (Wildman–Crippen LogP) is 3.94. The fourth-order valence-corrected chi connectivity index (χ4v) is 3.13.